The van der Waals surface area contributed by atoms with Crippen LogP contribution in [-0.4, -0.2) is 35.0 Å². The lowest BCUT2D eigenvalue weighted by Crippen LogP contribution is -2.40. The third kappa shape index (κ3) is 8.01. The predicted octanol–water partition coefficient (Wildman–Crippen LogP) is 5.19. The molecule has 0 atom stereocenters. The Morgan fingerprint density at radius 1 is 0.939 bits per heavy atom. The van der Waals surface area contributed by atoms with Gasteiger partial charge >= 0.3 is 5.97 Å². The molecule has 178 valence electrons. The van der Waals surface area contributed by atoms with Crippen LogP contribution in [0, 0.1) is 0 Å². The summed E-state index contributed by atoms with van der Waals surface area (Å²) in [7, 11) is 0. The molecule has 1 fully saturated rings. The maximum absolute atomic E-state index is 12.3. The zero-order valence-corrected chi connectivity index (χ0v) is 20.5. The van der Waals surface area contributed by atoms with E-state index in [9.17, 15) is 9.59 Å². The highest BCUT2D eigenvalue weighted by atomic mass is 16.6. The summed E-state index contributed by atoms with van der Waals surface area (Å²) < 4.78 is 5.32. The summed E-state index contributed by atoms with van der Waals surface area (Å²) in [6.45, 7) is 8.84. The van der Waals surface area contributed by atoms with Gasteiger partial charge in [-0.15, -0.1) is 0 Å². The van der Waals surface area contributed by atoms with Crippen molar-refractivity contribution in [1.82, 2.24) is 10.2 Å². The molecule has 1 aliphatic carbocycles. The molecule has 0 radical (unpaired) electrons. The molecule has 1 N–H and O–H groups in total. The minimum atomic E-state index is -0.456. The van der Waals surface area contributed by atoms with Crippen LogP contribution >= 0.6 is 0 Å². The van der Waals surface area contributed by atoms with E-state index in [2.05, 4.69) is 41.7 Å². The van der Waals surface area contributed by atoms with Gasteiger partial charge in [-0.05, 0) is 69.1 Å². The van der Waals surface area contributed by atoms with Gasteiger partial charge in [0.1, 0.15) is 5.60 Å². The second kappa shape index (κ2) is 11.5. The average molecular weight is 451 g/mol. The van der Waals surface area contributed by atoms with E-state index < -0.39 is 5.60 Å². The molecule has 2 aromatic rings. The molecule has 2 aromatic carbocycles. The lowest BCUT2D eigenvalue weighted by molar-refractivity contribution is -0.153. The predicted molar refractivity (Wildman–Crippen MR) is 132 cm³/mol. The molecule has 33 heavy (non-hydrogen) atoms. The SMILES string of the molecule is CC(=O)N(Cc1ccccc1)[C@H]1CC[C@H](c2ccc(CNCC(=O)OC(C)(C)C)cc2)CC1. The lowest BCUT2D eigenvalue weighted by Gasteiger charge is -2.37. The Kier molecular flexibility index (Phi) is 8.67. The molecule has 0 spiro atoms. The highest BCUT2D eigenvalue weighted by Gasteiger charge is 2.28. The first-order valence-corrected chi connectivity index (χ1v) is 12.0. The molecule has 1 aliphatic rings. The van der Waals surface area contributed by atoms with Gasteiger partial charge in [-0.25, -0.2) is 0 Å². The minimum Gasteiger partial charge on any atom is -0.459 e. The molecule has 1 amide bonds. The first-order valence-electron chi connectivity index (χ1n) is 12.0. The van der Waals surface area contributed by atoms with Crippen molar-refractivity contribution in [3.63, 3.8) is 0 Å². The van der Waals surface area contributed by atoms with Crippen LogP contribution in [0.5, 0.6) is 0 Å². The summed E-state index contributed by atoms with van der Waals surface area (Å²) in [5.74, 6) is 0.462. The maximum atomic E-state index is 12.3. The van der Waals surface area contributed by atoms with Crippen LogP contribution in [0.25, 0.3) is 0 Å². The molecule has 5 nitrogen and oxygen atoms in total. The molecule has 0 heterocycles. The smallest absolute Gasteiger partial charge is 0.320 e. The van der Waals surface area contributed by atoms with Crippen LogP contribution in [0.15, 0.2) is 54.6 Å². The summed E-state index contributed by atoms with van der Waals surface area (Å²) in [6.07, 6.45) is 4.27. The number of nitrogens with zero attached hydrogens (tertiary/aromatic N) is 1. The van der Waals surface area contributed by atoms with Crippen LogP contribution in [0.2, 0.25) is 0 Å². The van der Waals surface area contributed by atoms with Gasteiger partial charge in [0.2, 0.25) is 5.91 Å². The number of amides is 1. The fraction of sp³-hybridized carbons (Fsp3) is 0.500. The number of carbonyl (C=O) groups is 2. The van der Waals surface area contributed by atoms with E-state index in [1.54, 1.807) is 6.92 Å². The number of esters is 1. The van der Waals surface area contributed by atoms with Gasteiger partial charge in [-0.2, -0.15) is 0 Å². The van der Waals surface area contributed by atoms with Gasteiger partial charge < -0.3 is 15.0 Å². The molecular weight excluding hydrogens is 412 g/mol. The summed E-state index contributed by atoms with van der Waals surface area (Å²) in [4.78, 5) is 26.2. The number of carbonyl (C=O) groups excluding carboxylic acids is 2. The Labute approximate surface area is 198 Å². The van der Waals surface area contributed by atoms with Crippen LogP contribution in [0.1, 0.15) is 76.0 Å². The maximum Gasteiger partial charge on any atom is 0.320 e. The van der Waals surface area contributed by atoms with Crippen molar-refractivity contribution >= 4 is 11.9 Å². The number of hydrogen-bond acceptors (Lipinski definition) is 4. The standard InChI is InChI=1S/C28H38N2O3/c1-21(31)30(20-23-8-6-5-7-9-23)26-16-14-25(15-17-26)24-12-10-22(11-13-24)18-29-19-27(32)33-28(2,3)4/h5-13,25-26,29H,14-20H2,1-4H3/t25-,26-. The Bertz CT molecular complexity index is 895. The molecule has 0 saturated heterocycles. The second-order valence-corrected chi connectivity index (χ2v) is 10.1. The van der Waals surface area contributed by atoms with E-state index >= 15 is 0 Å². The van der Waals surface area contributed by atoms with Crippen molar-refractivity contribution in [2.45, 2.75) is 84.0 Å². The van der Waals surface area contributed by atoms with Crippen molar-refractivity contribution in [3.05, 3.63) is 71.3 Å². The van der Waals surface area contributed by atoms with Crippen molar-refractivity contribution in [2.24, 2.45) is 0 Å². The van der Waals surface area contributed by atoms with E-state index in [0.717, 1.165) is 31.2 Å². The summed E-state index contributed by atoms with van der Waals surface area (Å²) >= 11 is 0. The zero-order valence-electron chi connectivity index (χ0n) is 20.5. The van der Waals surface area contributed by atoms with E-state index in [0.29, 0.717) is 25.0 Å². The molecule has 1 saturated carbocycles. The third-order valence-electron chi connectivity index (χ3n) is 6.21. The van der Waals surface area contributed by atoms with Crippen molar-refractivity contribution in [3.8, 4) is 0 Å². The summed E-state index contributed by atoms with van der Waals surface area (Å²) in [5.41, 5.74) is 3.25. The second-order valence-electron chi connectivity index (χ2n) is 10.1. The van der Waals surface area contributed by atoms with Crippen LogP contribution in [-0.2, 0) is 27.4 Å². The lowest BCUT2D eigenvalue weighted by atomic mass is 9.81. The number of hydrogen-bond donors (Lipinski definition) is 1. The molecule has 0 aliphatic heterocycles. The first kappa shape index (κ1) is 25.0. The topological polar surface area (TPSA) is 58.6 Å². The Morgan fingerprint density at radius 2 is 1.58 bits per heavy atom. The normalized spacial score (nSPS) is 18.5. The van der Waals surface area contributed by atoms with Gasteiger partial charge in [0.05, 0.1) is 6.54 Å². The molecule has 5 heteroatoms. The quantitative estimate of drug-likeness (QED) is 0.562. The third-order valence-corrected chi connectivity index (χ3v) is 6.21. The molecular formula is C28H38N2O3. The van der Waals surface area contributed by atoms with E-state index in [1.165, 1.54) is 11.1 Å². The number of benzene rings is 2. The van der Waals surface area contributed by atoms with Crippen molar-refractivity contribution < 1.29 is 14.3 Å². The molecule has 0 unspecified atom stereocenters. The van der Waals surface area contributed by atoms with E-state index in [4.69, 9.17) is 4.74 Å². The van der Waals surface area contributed by atoms with Gasteiger partial charge in [-0.1, -0.05) is 54.6 Å². The zero-order chi connectivity index (χ0) is 23.8. The summed E-state index contributed by atoms with van der Waals surface area (Å²) in [5, 5.41) is 3.16. The van der Waals surface area contributed by atoms with Crippen LogP contribution < -0.4 is 5.32 Å². The number of ether oxygens (including phenoxy) is 1. The summed E-state index contributed by atoms with van der Waals surface area (Å²) in [6, 6.07) is 19.3. The molecule has 0 bridgehead atoms. The van der Waals surface area contributed by atoms with Gasteiger partial charge in [0, 0.05) is 26.1 Å². The van der Waals surface area contributed by atoms with Gasteiger partial charge in [0.15, 0.2) is 0 Å². The monoisotopic (exact) mass is 450 g/mol. The molecule has 0 aromatic heterocycles. The largest absolute Gasteiger partial charge is 0.459 e. The van der Waals surface area contributed by atoms with Gasteiger partial charge in [0.25, 0.3) is 0 Å². The highest BCUT2D eigenvalue weighted by Crippen LogP contribution is 2.35. The molecule has 3 rings (SSSR count). The average Bonchev–Trinajstić information content (AvgIpc) is 2.77. The minimum absolute atomic E-state index is 0.158. The number of nitrogens with one attached hydrogen (secondary N) is 1. The highest BCUT2D eigenvalue weighted by molar-refractivity contribution is 5.73. The Hall–Kier alpha value is -2.66. The van der Waals surface area contributed by atoms with Crippen LogP contribution in [0.3, 0.4) is 0 Å². The number of rotatable bonds is 8. The van der Waals surface area contributed by atoms with E-state index in [-0.39, 0.29) is 18.4 Å². The van der Waals surface area contributed by atoms with Crippen molar-refractivity contribution in [1.29, 1.82) is 0 Å². The van der Waals surface area contributed by atoms with Gasteiger partial charge in [-0.3, -0.25) is 9.59 Å². The first-order chi connectivity index (χ1) is 15.7. The Morgan fingerprint density at radius 3 is 2.15 bits per heavy atom. The van der Waals surface area contributed by atoms with Crippen molar-refractivity contribution in [2.75, 3.05) is 6.54 Å². The Balaban J connectivity index is 1.47. The van der Waals surface area contributed by atoms with E-state index in [1.807, 2.05) is 43.9 Å². The fourth-order valence-electron chi connectivity index (χ4n) is 4.59. The fourth-order valence-corrected chi connectivity index (χ4v) is 4.59. The van der Waals surface area contributed by atoms with Crippen LogP contribution in [0.4, 0.5) is 0 Å².